The molecule has 3 rings (SSSR count). The lowest BCUT2D eigenvalue weighted by atomic mass is 9.76. The first-order valence-corrected chi connectivity index (χ1v) is 11.9. The van der Waals surface area contributed by atoms with Gasteiger partial charge in [-0.25, -0.2) is 8.78 Å². The molecule has 3 fully saturated rings. The summed E-state index contributed by atoms with van der Waals surface area (Å²) in [6.45, 7) is 6.79. The van der Waals surface area contributed by atoms with Gasteiger partial charge in [0, 0.05) is 19.3 Å². The largest absolute Gasteiger partial charge is 0.394 e. The van der Waals surface area contributed by atoms with Gasteiger partial charge in [-0.2, -0.15) is 13.2 Å². The molecule has 6 nitrogen and oxygen atoms in total. The molecule has 2 saturated heterocycles. The summed E-state index contributed by atoms with van der Waals surface area (Å²) in [4.78, 5) is 13.9. The van der Waals surface area contributed by atoms with E-state index in [1.165, 1.54) is 0 Å². The van der Waals surface area contributed by atoms with Gasteiger partial charge in [-0.05, 0) is 49.9 Å². The highest BCUT2D eigenvalue weighted by Crippen LogP contribution is 2.44. The van der Waals surface area contributed by atoms with Gasteiger partial charge < -0.3 is 5.73 Å². The van der Waals surface area contributed by atoms with Crippen LogP contribution in [0.4, 0.5) is 22.0 Å². The van der Waals surface area contributed by atoms with Gasteiger partial charge >= 0.3 is 6.18 Å². The van der Waals surface area contributed by atoms with Gasteiger partial charge in [-0.1, -0.05) is 20.8 Å². The Morgan fingerprint density at radius 2 is 1.85 bits per heavy atom. The summed E-state index contributed by atoms with van der Waals surface area (Å²) in [6.07, 6.45) is -7.54. The zero-order valence-electron chi connectivity index (χ0n) is 19.6. The SMILES string of the molecule is CC(C)(C)C[C@@H](NC1NCNC(N2CCCC2C2CCC(C(F)(F)F)C(F)C2)C1F)C(N)=O. The van der Waals surface area contributed by atoms with Gasteiger partial charge in [0.15, 0.2) is 6.17 Å². The number of primary amides is 1. The molecule has 8 atom stereocenters. The molecule has 33 heavy (non-hydrogen) atoms. The standard InChI is InChI=1S/C22H38F5N5O/c1-21(2,3)10-15(18(28)33)31-19-17(24)20(30-11-29-19)32-8-4-5-16(32)12-6-7-13(14(23)9-12)22(25,26)27/h12-17,19-20,29-31H,4-11H2,1-3H3,(H2,28,33)/t12?,13?,14?,15-,16?,17?,19?,20?/m1/s1. The molecule has 192 valence electrons. The molecule has 7 unspecified atom stereocenters. The number of rotatable bonds is 6. The van der Waals surface area contributed by atoms with Gasteiger partial charge in [-0.3, -0.25) is 25.6 Å². The molecule has 0 aromatic heterocycles. The molecule has 0 bridgehead atoms. The fourth-order valence-electron chi connectivity index (χ4n) is 5.73. The van der Waals surface area contributed by atoms with Crippen LogP contribution in [0.2, 0.25) is 0 Å². The van der Waals surface area contributed by atoms with E-state index in [-0.39, 0.29) is 36.6 Å². The van der Waals surface area contributed by atoms with Crippen LogP contribution in [0.1, 0.15) is 59.3 Å². The van der Waals surface area contributed by atoms with Crippen molar-refractivity contribution in [3.8, 4) is 0 Å². The van der Waals surface area contributed by atoms with Crippen molar-refractivity contribution in [3.63, 3.8) is 0 Å². The molecule has 1 amide bonds. The van der Waals surface area contributed by atoms with Crippen LogP contribution < -0.4 is 21.7 Å². The van der Waals surface area contributed by atoms with Crippen molar-refractivity contribution in [3.05, 3.63) is 0 Å². The van der Waals surface area contributed by atoms with Crippen LogP contribution in [-0.2, 0) is 4.79 Å². The molecular formula is C22H38F5N5O. The molecule has 1 saturated carbocycles. The Bertz CT molecular complexity index is 673. The second kappa shape index (κ2) is 10.3. The number of halogens is 5. The summed E-state index contributed by atoms with van der Waals surface area (Å²) >= 11 is 0. The summed E-state index contributed by atoms with van der Waals surface area (Å²) in [5, 5.41) is 9.14. The van der Waals surface area contributed by atoms with Crippen molar-refractivity contribution in [1.29, 1.82) is 0 Å². The summed E-state index contributed by atoms with van der Waals surface area (Å²) in [5.74, 6) is -2.70. The molecule has 0 spiro atoms. The smallest absolute Gasteiger partial charge is 0.368 e. The number of nitrogens with two attached hydrogens (primary N) is 1. The summed E-state index contributed by atoms with van der Waals surface area (Å²) in [7, 11) is 0. The Hall–Kier alpha value is -1.04. The predicted molar refractivity (Wildman–Crippen MR) is 115 cm³/mol. The number of likely N-dealkylation sites (tertiary alicyclic amines) is 1. The van der Waals surface area contributed by atoms with Crippen LogP contribution in [0, 0.1) is 17.3 Å². The van der Waals surface area contributed by atoms with E-state index in [0.29, 0.717) is 26.1 Å². The van der Waals surface area contributed by atoms with Crippen molar-refractivity contribution in [2.24, 2.45) is 23.0 Å². The second-order valence-corrected chi connectivity index (χ2v) is 11.0. The molecule has 2 aliphatic heterocycles. The van der Waals surface area contributed by atoms with E-state index in [0.717, 1.165) is 6.42 Å². The third-order valence-corrected chi connectivity index (χ3v) is 7.27. The Kier molecular flexibility index (Phi) is 8.29. The first-order chi connectivity index (χ1) is 15.3. The van der Waals surface area contributed by atoms with Gasteiger partial charge in [0.25, 0.3) is 0 Å². The molecule has 11 heteroatoms. The number of carbonyl (C=O) groups excluding carboxylic acids is 1. The molecule has 0 aromatic carbocycles. The lowest BCUT2D eigenvalue weighted by Crippen LogP contribution is -2.71. The minimum Gasteiger partial charge on any atom is -0.368 e. The first kappa shape index (κ1) is 26.6. The average Bonchev–Trinajstić information content (AvgIpc) is 3.16. The number of nitrogens with one attached hydrogen (secondary N) is 3. The molecule has 5 N–H and O–H groups in total. The van der Waals surface area contributed by atoms with Gasteiger partial charge in [-0.15, -0.1) is 0 Å². The van der Waals surface area contributed by atoms with Crippen LogP contribution in [0.5, 0.6) is 0 Å². The maximum Gasteiger partial charge on any atom is 0.394 e. The fraction of sp³-hybridized carbons (Fsp3) is 0.955. The van der Waals surface area contributed by atoms with Crippen molar-refractivity contribution in [1.82, 2.24) is 20.9 Å². The fourth-order valence-corrected chi connectivity index (χ4v) is 5.73. The summed E-state index contributed by atoms with van der Waals surface area (Å²) in [6, 6.07) is -0.882. The Labute approximate surface area is 192 Å². The minimum absolute atomic E-state index is 0.149. The van der Waals surface area contributed by atoms with Crippen LogP contribution in [0.3, 0.4) is 0 Å². The summed E-state index contributed by atoms with van der Waals surface area (Å²) < 4.78 is 69.3. The lowest BCUT2D eigenvalue weighted by Gasteiger charge is -2.46. The molecule has 3 aliphatic rings. The topological polar surface area (TPSA) is 82.4 Å². The van der Waals surface area contributed by atoms with Crippen molar-refractivity contribution >= 4 is 5.91 Å². The predicted octanol–water partition coefficient (Wildman–Crippen LogP) is 2.79. The number of carbonyl (C=O) groups is 1. The average molecular weight is 484 g/mol. The van der Waals surface area contributed by atoms with E-state index < -0.39 is 48.7 Å². The Morgan fingerprint density at radius 1 is 1.15 bits per heavy atom. The Balaban J connectivity index is 1.66. The van der Waals surface area contributed by atoms with Crippen LogP contribution >= 0.6 is 0 Å². The highest BCUT2D eigenvalue weighted by atomic mass is 19.4. The molecular weight excluding hydrogens is 445 g/mol. The van der Waals surface area contributed by atoms with Crippen LogP contribution in [0.25, 0.3) is 0 Å². The van der Waals surface area contributed by atoms with E-state index in [4.69, 9.17) is 5.73 Å². The maximum atomic E-state index is 15.7. The number of hydrogen-bond acceptors (Lipinski definition) is 5. The van der Waals surface area contributed by atoms with Crippen molar-refractivity contribution < 1.29 is 26.7 Å². The normalized spacial score (nSPS) is 37.8. The zero-order valence-corrected chi connectivity index (χ0v) is 19.6. The minimum atomic E-state index is -4.52. The van der Waals surface area contributed by atoms with E-state index in [1.807, 2.05) is 25.7 Å². The highest BCUT2D eigenvalue weighted by Gasteiger charge is 2.51. The molecule has 2 heterocycles. The summed E-state index contributed by atoms with van der Waals surface area (Å²) in [5.41, 5.74) is 5.35. The number of hydrogen-bond donors (Lipinski definition) is 4. The van der Waals surface area contributed by atoms with E-state index in [9.17, 15) is 22.4 Å². The monoisotopic (exact) mass is 483 g/mol. The second-order valence-electron chi connectivity index (χ2n) is 11.0. The molecule has 1 aliphatic carbocycles. The number of alkyl halides is 5. The maximum absolute atomic E-state index is 15.7. The van der Waals surface area contributed by atoms with Crippen LogP contribution in [-0.4, -0.2) is 67.0 Å². The highest BCUT2D eigenvalue weighted by molar-refractivity contribution is 5.79. The molecule has 0 radical (unpaired) electrons. The first-order valence-electron chi connectivity index (χ1n) is 11.9. The van der Waals surface area contributed by atoms with E-state index >= 15 is 4.39 Å². The van der Waals surface area contributed by atoms with Gasteiger partial charge in [0.05, 0.1) is 24.3 Å². The van der Waals surface area contributed by atoms with Crippen molar-refractivity contribution in [2.75, 3.05) is 13.2 Å². The molecule has 0 aromatic rings. The van der Waals surface area contributed by atoms with E-state index in [2.05, 4.69) is 16.0 Å². The third kappa shape index (κ3) is 6.55. The van der Waals surface area contributed by atoms with Gasteiger partial charge in [0.2, 0.25) is 5.91 Å². The third-order valence-electron chi connectivity index (χ3n) is 7.27. The number of amides is 1. The quantitative estimate of drug-likeness (QED) is 0.437. The lowest BCUT2D eigenvalue weighted by molar-refractivity contribution is -0.202. The van der Waals surface area contributed by atoms with E-state index in [1.54, 1.807) is 0 Å². The Morgan fingerprint density at radius 3 is 2.42 bits per heavy atom. The van der Waals surface area contributed by atoms with Crippen LogP contribution in [0.15, 0.2) is 0 Å². The van der Waals surface area contributed by atoms with Crippen molar-refractivity contribution in [2.45, 2.75) is 102 Å². The number of nitrogens with zero attached hydrogens (tertiary/aromatic N) is 1. The van der Waals surface area contributed by atoms with Gasteiger partial charge in [0.1, 0.15) is 6.17 Å². The zero-order chi connectivity index (χ0) is 24.6.